The second-order valence-electron chi connectivity index (χ2n) is 9.79. The zero-order valence-corrected chi connectivity index (χ0v) is 20.5. The molecule has 33 heavy (non-hydrogen) atoms. The molecular weight excluding hydrogens is 434 g/mol. The molecule has 1 aliphatic heterocycles. The monoisotopic (exact) mass is 463 g/mol. The van der Waals surface area contributed by atoms with Crippen molar-refractivity contribution in [2.75, 3.05) is 11.9 Å². The molecule has 0 atom stereocenters. The maximum absolute atomic E-state index is 13.2. The molecule has 2 N–H and O–H groups in total. The van der Waals surface area contributed by atoms with E-state index in [0.29, 0.717) is 17.0 Å². The third kappa shape index (κ3) is 3.95. The third-order valence-corrected chi connectivity index (χ3v) is 6.72. The SMILES string of the molecule is CC(C)n1c(=O)c2cnc(Nc3ccc4c(c3)CCNC4)nc2n1-c1nc(C(C)(C)C)cs1. The van der Waals surface area contributed by atoms with Gasteiger partial charge in [0, 0.05) is 35.3 Å². The van der Waals surface area contributed by atoms with Gasteiger partial charge >= 0.3 is 0 Å². The number of nitrogens with one attached hydrogen (secondary N) is 2. The molecular formula is C24H29N7OS. The van der Waals surface area contributed by atoms with E-state index in [-0.39, 0.29) is 17.0 Å². The van der Waals surface area contributed by atoms with Gasteiger partial charge in [0.1, 0.15) is 5.39 Å². The van der Waals surface area contributed by atoms with Crippen molar-refractivity contribution in [3.8, 4) is 5.13 Å². The molecule has 0 bridgehead atoms. The van der Waals surface area contributed by atoms with E-state index in [2.05, 4.69) is 53.9 Å². The fourth-order valence-electron chi connectivity index (χ4n) is 4.10. The van der Waals surface area contributed by atoms with E-state index >= 15 is 0 Å². The standard InChI is InChI=1S/C24H29N7OS/c1-14(2)30-21(32)18-12-26-22(27-17-7-6-16-11-25-9-8-15(16)10-17)29-20(18)31(30)23-28-19(13-33-23)24(3,4)5/h6-7,10,12-14,25H,8-9,11H2,1-5H3,(H,26,27,29). The molecule has 172 valence electrons. The minimum absolute atomic E-state index is 0.0562. The van der Waals surface area contributed by atoms with E-state index in [9.17, 15) is 4.79 Å². The van der Waals surface area contributed by atoms with E-state index in [1.165, 1.54) is 22.5 Å². The summed E-state index contributed by atoms with van der Waals surface area (Å²) in [4.78, 5) is 27.3. The Morgan fingerprint density at radius 1 is 1.18 bits per heavy atom. The summed E-state index contributed by atoms with van der Waals surface area (Å²) >= 11 is 1.52. The molecule has 0 aliphatic carbocycles. The zero-order chi connectivity index (χ0) is 23.3. The normalized spacial score (nSPS) is 14.1. The van der Waals surface area contributed by atoms with Crippen LogP contribution < -0.4 is 16.2 Å². The number of rotatable bonds is 4. The topological polar surface area (TPSA) is 89.7 Å². The zero-order valence-electron chi connectivity index (χ0n) is 19.6. The summed E-state index contributed by atoms with van der Waals surface area (Å²) in [5.74, 6) is 0.457. The molecule has 9 heteroatoms. The van der Waals surface area contributed by atoms with Crippen LogP contribution in [0, 0.1) is 0 Å². The van der Waals surface area contributed by atoms with Gasteiger partial charge < -0.3 is 10.6 Å². The Balaban J connectivity index is 1.61. The van der Waals surface area contributed by atoms with Crippen molar-refractivity contribution in [2.45, 2.75) is 59.0 Å². The van der Waals surface area contributed by atoms with E-state index in [1.54, 1.807) is 10.9 Å². The van der Waals surface area contributed by atoms with Gasteiger partial charge in [-0.15, -0.1) is 11.3 Å². The smallest absolute Gasteiger partial charge is 0.278 e. The quantitative estimate of drug-likeness (QED) is 0.469. The lowest BCUT2D eigenvalue weighted by Crippen LogP contribution is -2.24. The molecule has 1 aromatic carbocycles. The second-order valence-corrected chi connectivity index (χ2v) is 10.6. The van der Waals surface area contributed by atoms with Crippen molar-refractivity contribution in [2.24, 2.45) is 0 Å². The Bertz CT molecular complexity index is 1390. The van der Waals surface area contributed by atoms with Crippen LogP contribution in [0.4, 0.5) is 11.6 Å². The first-order valence-corrected chi connectivity index (χ1v) is 12.2. The highest BCUT2D eigenvalue weighted by atomic mass is 32.1. The average molecular weight is 464 g/mol. The lowest BCUT2D eigenvalue weighted by atomic mass is 9.93. The Morgan fingerprint density at radius 2 is 2.00 bits per heavy atom. The predicted molar refractivity (Wildman–Crippen MR) is 133 cm³/mol. The first-order valence-electron chi connectivity index (χ1n) is 11.3. The van der Waals surface area contributed by atoms with Crippen molar-refractivity contribution in [3.05, 3.63) is 57.0 Å². The first-order chi connectivity index (χ1) is 15.7. The molecule has 4 heterocycles. The second kappa shape index (κ2) is 8.07. The highest BCUT2D eigenvalue weighted by Gasteiger charge is 2.24. The van der Waals surface area contributed by atoms with Crippen LogP contribution in [0.25, 0.3) is 16.2 Å². The number of thiazole rings is 1. The highest BCUT2D eigenvalue weighted by Crippen LogP contribution is 2.28. The van der Waals surface area contributed by atoms with Crippen LogP contribution >= 0.6 is 11.3 Å². The summed E-state index contributed by atoms with van der Waals surface area (Å²) in [5, 5.41) is 9.99. The van der Waals surface area contributed by atoms with Crippen LogP contribution in [-0.4, -0.2) is 30.9 Å². The summed E-state index contributed by atoms with van der Waals surface area (Å²) in [6.07, 6.45) is 2.62. The van der Waals surface area contributed by atoms with Crippen LogP contribution in [-0.2, 0) is 18.4 Å². The van der Waals surface area contributed by atoms with E-state index in [4.69, 9.17) is 9.97 Å². The molecule has 8 nitrogen and oxygen atoms in total. The van der Waals surface area contributed by atoms with Crippen LogP contribution in [0.15, 0.2) is 34.6 Å². The summed E-state index contributed by atoms with van der Waals surface area (Å²) < 4.78 is 3.55. The van der Waals surface area contributed by atoms with Crippen molar-refractivity contribution >= 4 is 34.0 Å². The predicted octanol–water partition coefficient (Wildman–Crippen LogP) is 4.31. The van der Waals surface area contributed by atoms with Gasteiger partial charge in [-0.2, -0.15) is 4.98 Å². The molecule has 0 radical (unpaired) electrons. The molecule has 1 aliphatic rings. The van der Waals surface area contributed by atoms with Crippen molar-refractivity contribution in [3.63, 3.8) is 0 Å². The van der Waals surface area contributed by atoms with Crippen LogP contribution in [0.2, 0.25) is 0 Å². The van der Waals surface area contributed by atoms with Crippen LogP contribution in [0.5, 0.6) is 0 Å². The Hall–Kier alpha value is -3.04. The lowest BCUT2D eigenvalue weighted by Gasteiger charge is -2.18. The number of benzene rings is 1. The molecule has 3 aromatic heterocycles. The van der Waals surface area contributed by atoms with Gasteiger partial charge in [0.15, 0.2) is 5.65 Å². The number of fused-ring (bicyclic) bond motifs is 2. The van der Waals surface area contributed by atoms with Gasteiger partial charge in [-0.1, -0.05) is 26.8 Å². The maximum Gasteiger partial charge on any atom is 0.278 e. The molecule has 0 spiro atoms. The number of hydrogen-bond acceptors (Lipinski definition) is 7. The summed E-state index contributed by atoms with van der Waals surface area (Å²) in [7, 11) is 0. The highest BCUT2D eigenvalue weighted by molar-refractivity contribution is 7.12. The van der Waals surface area contributed by atoms with Crippen LogP contribution in [0.1, 0.15) is 57.5 Å². The van der Waals surface area contributed by atoms with Crippen molar-refractivity contribution in [1.82, 2.24) is 29.6 Å². The van der Waals surface area contributed by atoms with Gasteiger partial charge in [0.25, 0.3) is 5.56 Å². The summed E-state index contributed by atoms with van der Waals surface area (Å²) in [5.41, 5.74) is 4.96. The van der Waals surface area contributed by atoms with Crippen LogP contribution in [0.3, 0.4) is 0 Å². The van der Waals surface area contributed by atoms with Gasteiger partial charge in [-0.05, 0) is 50.1 Å². The number of hydrogen-bond donors (Lipinski definition) is 2. The third-order valence-electron chi connectivity index (χ3n) is 5.90. The number of nitrogens with zero attached hydrogens (tertiary/aromatic N) is 5. The number of aromatic nitrogens is 5. The number of anilines is 2. The fourth-order valence-corrected chi connectivity index (χ4v) is 5.15. The van der Waals surface area contributed by atoms with E-state index in [1.807, 2.05) is 24.6 Å². The van der Waals surface area contributed by atoms with Gasteiger partial charge in [0.2, 0.25) is 11.1 Å². The van der Waals surface area contributed by atoms with Gasteiger partial charge in [0.05, 0.1) is 5.69 Å². The van der Waals surface area contributed by atoms with E-state index in [0.717, 1.165) is 36.0 Å². The van der Waals surface area contributed by atoms with Crippen molar-refractivity contribution < 1.29 is 0 Å². The molecule has 4 aromatic rings. The largest absolute Gasteiger partial charge is 0.324 e. The Kier molecular flexibility index (Phi) is 5.33. The van der Waals surface area contributed by atoms with Crippen molar-refractivity contribution in [1.29, 1.82) is 0 Å². The van der Waals surface area contributed by atoms with E-state index < -0.39 is 0 Å². The van der Waals surface area contributed by atoms with Gasteiger partial charge in [-0.3, -0.25) is 4.79 Å². The van der Waals surface area contributed by atoms with Gasteiger partial charge in [-0.25, -0.2) is 19.3 Å². The molecule has 5 rings (SSSR count). The lowest BCUT2D eigenvalue weighted by molar-refractivity contribution is 0.473. The Morgan fingerprint density at radius 3 is 2.73 bits per heavy atom. The fraction of sp³-hybridized carbons (Fsp3) is 0.417. The molecule has 0 amide bonds. The first kappa shape index (κ1) is 21.8. The maximum atomic E-state index is 13.2. The molecule has 0 saturated carbocycles. The minimum atomic E-state index is -0.111. The minimum Gasteiger partial charge on any atom is -0.324 e. The molecule has 0 fully saturated rings. The summed E-state index contributed by atoms with van der Waals surface area (Å²) in [6, 6.07) is 6.28. The molecule has 0 saturated heterocycles. The summed E-state index contributed by atoms with van der Waals surface area (Å²) in [6.45, 7) is 12.3. The Labute approximate surface area is 196 Å². The molecule has 0 unspecified atom stereocenters. The average Bonchev–Trinajstić information content (AvgIpc) is 3.37.